The van der Waals surface area contributed by atoms with Gasteiger partial charge >= 0.3 is 0 Å². The number of fused-ring (bicyclic) bond motifs is 1. The first-order chi connectivity index (χ1) is 9.06. The summed E-state index contributed by atoms with van der Waals surface area (Å²) < 4.78 is 2.72. The average molecular weight is 357 g/mol. The lowest BCUT2D eigenvalue weighted by molar-refractivity contribution is 1.10. The van der Waals surface area contributed by atoms with Crippen molar-refractivity contribution in [3.63, 3.8) is 0 Å². The number of imidazole rings is 1. The standard InChI is InChI=1S/C13H8BrCl2N3/c14-9-3-1-8(16)6-12(9)19-11-4-2-7(15)5-10(11)18-13(19)17/h1-6H,(H2,17,18). The van der Waals surface area contributed by atoms with E-state index >= 15 is 0 Å². The van der Waals surface area contributed by atoms with Gasteiger partial charge in [0.2, 0.25) is 5.95 Å². The Bertz CT molecular complexity index is 783. The molecule has 0 aliphatic carbocycles. The number of hydrogen-bond acceptors (Lipinski definition) is 2. The van der Waals surface area contributed by atoms with Crippen LogP contribution in [0.2, 0.25) is 10.0 Å². The van der Waals surface area contributed by atoms with E-state index in [0.29, 0.717) is 16.0 Å². The Labute approximate surface area is 128 Å². The van der Waals surface area contributed by atoms with Crippen LogP contribution in [0.3, 0.4) is 0 Å². The maximum Gasteiger partial charge on any atom is 0.205 e. The number of nitrogens with two attached hydrogens (primary N) is 1. The smallest absolute Gasteiger partial charge is 0.205 e. The molecular formula is C13H8BrCl2N3. The van der Waals surface area contributed by atoms with Crippen LogP contribution < -0.4 is 5.73 Å². The van der Waals surface area contributed by atoms with Crippen molar-refractivity contribution < 1.29 is 0 Å². The van der Waals surface area contributed by atoms with Gasteiger partial charge in [0.05, 0.1) is 16.7 Å². The van der Waals surface area contributed by atoms with Crippen LogP contribution in [-0.2, 0) is 0 Å². The summed E-state index contributed by atoms with van der Waals surface area (Å²) in [5, 5.41) is 1.26. The van der Waals surface area contributed by atoms with E-state index in [4.69, 9.17) is 28.9 Å². The molecule has 3 nitrogen and oxygen atoms in total. The molecule has 0 unspecified atom stereocenters. The average Bonchev–Trinajstić information content (AvgIpc) is 2.67. The van der Waals surface area contributed by atoms with Gasteiger partial charge in [-0.25, -0.2) is 4.98 Å². The van der Waals surface area contributed by atoms with Gasteiger partial charge in [0.1, 0.15) is 0 Å². The molecule has 19 heavy (non-hydrogen) atoms. The predicted octanol–water partition coefficient (Wildman–Crippen LogP) is 4.68. The fourth-order valence-corrected chi connectivity index (χ4v) is 2.74. The highest BCUT2D eigenvalue weighted by Gasteiger charge is 2.13. The second-order valence-electron chi connectivity index (χ2n) is 4.03. The molecule has 3 aromatic rings. The number of rotatable bonds is 1. The van der Waals surface area contributed by atoms with E-state index in [9.17, 15) is 0 Å². The fraction of sp³-hybridized carbons (Fsp3) is 0. The fourth-order valence-electron chi connectivity index (χ4n) is 1.98. The highest BCUT2D eigenvalue weighted by Crippen LogP contribution is 2.31. The van der Waals surface area contributed by atoms with Crippen LogP contribution in [-0.4, -0.2) is 9.55 Å². The molecule has 0 saturated carbocycles. The van der Waals surface area contributed by atoms with Crippen molar-refractivity contribution in [2.75, 3.05) is 5.73 Å². The summed E-state index contributed by atoms with van der Waals surface area (Å²) in [4.78, 5) is 4.31. The summed E-state index contributed by atoms with van der Waals surface area (Å²) in [6, 6.07) is 11.0. The Hall–Kier alpha value is -1.23. The van der Waals surface area contributed by atoms with Gasteiger partial charge < -0.3 is 5.73 Å². The quantitative estimate of drug-likeness (QED) is 0.688. The van der Waals surface area contributed by atoms with Gasteiger partial charge in [-0.2, -0.15) is 0 Å². The van der Waals surface area contributed by atoms with Gasteiger partial charge in [-0.15, -0.1) is 0 Å². The molecule has 0 atom stereocenters. The molecular weight excluding hydrogens is 349 g/mol. The molecule has 0 fully saturated rings. The SMILES string of the molecule is Nc1nc2cc(Cl)ccc2n1-c1cc(Cl)ccc1Br. The van der Waals surface area contributed by atoms with E-state index in [0.717, 1.165) is 21.2 Å². The molecule has 0 aliphatic heterocycles. The lowest BCUT2D eigenvalue weighted by Gasteiger charge is -2.09. The zero-order valence-corrected chi connectivity index (χ0v) is 12.7. The lowest BCUT2D eigenvalue weighted by Crippen LogP contribution is -2.01. The van der Waals surface area contributed by atoms with Crippen LogP contribution in [0.15, 0.2) is 40.9 Å². The minimum absolute atomic E-state index is 0.389. The third kappa shape index (κ3) is 2.20. The number of aromatic nitrogens is 2. The number of benzene rings is 2. The number of anilines is 1. The summed E-state index contributed by atoms with van der Waals surface area (Å²) in [6.07, 6.45) is 0. The molecule has 0 spiro atoms. The molecule has 2 aromatic carbocycles. The van der Waals surface area contributed by atoms with Crippen LogP contribution >= 0.6 is 39.1 Å². The van der Waals surface area contributed by atoms with Gasteiger partial charge in [0, 0.05) is 14.5 Å². The zero-order valence-electron chi connectivity index (χ0n) is 9.57. The van der Waals surface area contributed by atoms with Crippen LogP contribution in [0.1, 0.15) is 0 Å². The van der Waals surface area contributed by atoms with Crippen molar-refractivity contribution in [3.8, 4) is 5.69 Å². The second-order valence-corrected chi connectivity index (χ2v) is 5.76. The van der Waals surface area contributed by atoms with Crippen LogP contribution in [0.5, 0.6) is 0 Å². The highest BCUT2D eigenvalue weighted by molar-refractivity contribution is 9.10. The molecule has 0 radical (unpaired) electrons. The van der Waals surface area contributed by atoms with Crippen LogP contribution in [0, 0.1) is 0 Å². The number of halogens is 3. The van der Waals surface area contributed by atoms with E-state index in [1.807, 2.05) is 22.8 Å². The number of nitrogen functional groups attached to an aromatic ring is 1. The Morgan fingerprint density at radius 2 is 1.74 bits per heavy atom. The van der Waals surface area contributed by atoms with Gasteiger partial charge in [-0.3, -0.25) is 4.57 Å². The number of nitrogens with zero attached hydrogens (tertiary/aromatic N) is 2. The van der Waals surface area contributed by atoms with Crippen LogP contribution in [0.4, 0.5) is 5.95 Å². The summed E-state index contributed by atoms with van der Waals surface area (Å²) >= 11 is 15.5. The van der Waals surface area contributed by atoms with Crippen molar-refractivity contribution in [2.24, 2.45) is 0 Å². The lowest BCUT2D eigenvalue weighted by atomic mass is 10.3. The third-order valence-electron chi connectivity index (χ3n) is 2.79. The minimum Gasteiger partial charge on any atom is -0.369 e. The van der Waals surface area contributed by atoms with Crippen molar-refractivity contribution in [1.29, 1.82) is 0 Å². The molecule has 0 saturated heterocycles. The maximum absolute atomic E-state index is 6.05. The van der Waals surface area contributed by atoms with Crippen molar-refractivity contribution in [3.05, 3.63) is 50.9 Å². The van der Waals surface area contributed by atoms with E-state index in [1.54, 1.807) is 18.2 Å². The largest absolute Gasteiger partial charge is 0.369 e. The molecule has 0 aliphatic rings. The molecule has 3 rings (SSSR count). The van der Waals surface area contributed by atoms with Gasteiger partial charge in [0.15, 0.2) is 0 Å². The Morgan fingerprint density at radius 1 is 1.05 bits per heavy atom. The Balaban J connectivity index is 2.36. The molecule has 1 heterocycles. The summed E-state index contributed by atoms with van der Waals surface area (Å²) in [5.74, 6) is 0.389. The van der Waals surface area contributed by atoms with Gasteiger partial charge in [-0.05, 0) is 52.3 Å². The third-order valence-corrected chi connectivity index (χ3v) is 3.93. The predicted molar refractivity (Wildman–Crippen MR) is 83.2 cm³/mol. The van der Waals surface area contributed by atoms with Crippen molar-refractivity contribution in [1.82, 2.24) is 9.55 Å². The summed E-state index contributed by atoms with van der Waals surface area (Å²) in [5.41, 5.74) is 8.47. The monoisotopic (exact) mass is 355 g/mol. The Kier molecular flexibility index (Phi) is 3.17. The first-order valence-electron chi connectivity index (χ1n) is 5.45. The molecule has 96 valence electrons. The maximum atomic E-state index is 6.05. The van der Waals surface area contributed by atoms with Crippen LogP contribution in [0.25, 0.3) is 16.7 Å². The normalized spacial score (nSPS) is 11.1. The number of hydrogen-bond donors (Lipinski definition) is 1. The zero-order chi connectivity index (χ0) is 13.6. The minimum atomic E-state index is 0.389. The van der Waals surface area contributed by atoms with E-state index < -0.39 is 0 Å². The van der Waals surface area contributed by atoms with E-state index in [-0.39, 0.29) is 0 Å². The molecule has 2 N–H and O–H groups in total. The molecule has 6 heteroatoms. The summed E-state index contributed by atoms with van der Waals surface area (Å²) in [6.45, 7) is 0. The molecule has 0 bridgehead atoms. The van der Waals surface area contributed by atoms with Crippen molar-refractivity contribution >= 4 is 56.1 Å². The molecule has 0 amide bonds. The van der Waals surface area contributed by atoms with E-state index in [2.05, 4.69) is 20.9 Å². The van der Waals surface area contributed by atoms with E-state index in [1.165, 1.54) is 0 Å². The second kappa shape index (κ2) is 4.71. The highest BCUT2D eigenvalue weighted by atomic mass is 79.9. The summed E-state index contributed by atoms with van der Waals surface area (Å²) in [7, 11) is 0. The molecule has 1 aromatic heterocycles. The van der Waals surface area contributed by atoms with Gasteiger partial charge in [-0.1, -0.05) is 23.2 Å². The first-order valence-corrected chi connectivity index (χ1v) is 7.00. The van der Waals surface area contributed by atoms with Crippen molar-refractivity contribution in [2.45, 2.75) is 0 Å². The van der Waals surface area contributed by atoms with Gasteiger partial charge in [0.25, 0.3) is 0 Å². The topological polar surface area (TPSA) is 43.8 Å². The Morgan fingerprint density at radius 3 is 2.53 bits per heavy atom. The first kappa shape index (κ1) is 12.8.